The summed E-state index contributed by atoms with van der Waals surface area (Å²) in [6.07, 6.45) is 0. The Kier molecular flexibility index (Phi) is 6.27. The summed E-state index contributed by atoms with van der Waals surface area (Å²) in [5.41, 5.74) is 5.43. The Labute approximate surface area is 155 Å². The topological polar surface area (TPSA) is 81.9 Å². The van der Waals surface area contributed by atoms with Crippen molar-refractivity contribution in [2.45, 2.75) is 13.0 Å². The molecule has 0 saturated heterocycles. The number of amides is 2. The van der Waals surface area contributed by atoms with Gasteiger partial charge in [0.15, 0.2) is 18.1 Å². The van der Waals surface area contributed by atoms with Crippen molar-refractivity contribution in [1.29, 1.82) is 0 Å². The number of thiophene rings is 1. The molecule has 8 heteroatoms. The number of carbonyl (C=O) groups excluding carboxylic acids is 2. The van der Waals surface area contributed by atoms with E-state index in [2.05, 4.69) is 0 Å². The number of hydrogen-bond donors (Lipinski definition) is 1. The van der Waals surface area contributed by atoms with E-state index in [1.807, 2.05) is 24.4 Å². The third-order valence-electron chi connectivity index (χ3n) is 3.69. The number of nitrogens with zero attached hydrogens (tertiary/aromatic N) is 1. The molecule has 2 amide bonds. The Balaban J connectivity index is 2.27. The second-order valence-corrected chi connectivity index (χ2v) is 6.74. The lowest BCUT2D eigenvalue weighted by Crippen LogP contribution is -2.29. The van der Waals surface area contributed by atoms with E-state index in [1.165, 1.54) is 19.2 Å². The fraction of sp³-hybridized carbons (Fsp3) is 0.294. The van der Waals surface area contributed by atoms with Gasteiger partial charge in [0.05, 0.1) is 18.2 Å². The number of halogens is 1. The van der Waals surface area contributed by atoms with E-state index in [1.54, 1.807) is 23.3 Å². The fourth-order valence-electron chi connectivity index (χ4n) is 2.23. The number of primary amides is 1. The second-order valence-electron chi connectivity index (χ2n) is 5.35. The molecule has 0 aliphatic heterocycles. The number of ether oxygens (including phenoxy) is 2. The average Bonchev–Trinajstić information content (AvgIpc) is 3.12. The van der Waals surface area contributed by atoms with E-state index in [0.717, 1.165) is 4.88 Å². The molecule has 6 nitrogen and oxygen atoms in total. The predicted molar refractivity (Wildman–Crippen MR) is 97.5 cm³/mol. The van der Waals surface area contributed by atoms with Crippen LogP contribution in [0.2, 0.25) is 5.02 Å². The first kappa shape index (κ1) is 19.1. The van der Waals surface area contributed by atoms with Crippen LogP contribution >= 0.6 is 22.9 Å². The van der Waals surface area contributed by atoms with Crippen LogP contribution < -0.4 is 15.2 Å². The minimum atomic E-state index is -0.636. The van der Waals surface area contributed by atoms with E-state index in [4.69, 9.17) is 26.8 Å². The molecular weight excluding hydrogens is 364 g/mol. The van der Waals surface area contributed by atoms with Crippen molar-refractivity contribution >= 4 is 34.8 Å². The third kappa shape index (κ3) is 4.43. The number of rotatable bonds is 7. The van der Waals surface area contributed by atoms with Crippen LogP contribution in [-0.4, -0.2) is 37.5 Å². The van der Waals surface area contributed by atoms with Gasteiger partial charge in [0.25, 0.3) is 11.8 Å². The molecule has 2 N–H and O–H groups in total. The molecule has 0 unspecified atom stereocenters. The first-order valence-electron chi connectivity index (χ1n) is 7.44. The zero-order chi connectivity index (χ0) is 18.6. The van der Waals surface area contributed by atoms with Crippen molar-refractivity contribution < 1.29 is 19.1 Å². The molecule has 2 rings (SSSR count). The van der Waals surface area contributed by atoms with Crippen molar-refractivity contribution in [3.05, 3.63) is 45.1 Å². The van der Waals surface area contributed by atoms with Gasteiger partial charge in [0, 0.05) is 17.5 Å². The molecule has 0 aliphatic rings. The first-order chi connectivity index (χ1) is 11.8. The monoisotopic (exact) mass is 382 g/mol. The predicted octanol–water partition coefficient (Wildman–Crippen LogP) is 3.11. The molecule has 1 aromatic carbocycles. The normalized spacial score (nSPS) is 11.7. The van der Waals surface area contributed by atoms with Gasteiger partial charge in [-0.25, -0.2) is 0 Å². The van der Waals surface area contributed by atoms with Crippen LogP contribution in [-0.2, 0) is 4.79 Å². The molecule has 0 radical (unpaired) electrons. The van der Waals surface area contributed by atoms with Crippen molar-refractivity contribution in [2.24, 2.45) is 5.73 Å². The van der Waals surface area contributed by atoms with E-state index in [0.29, 0.717) is 5.56 Å². The maximum absolute atomic E-state index is 12.8. The van der Waals surface area contributed by atoms with E-state index in [-0.39, 0.29) is 35.1 Å². The first-order valence-corrected chi connectivity index (χ1v) is 8.70. The molecule has 1 aromatic heterocycles. The van der Waals surface area contributed by atoms with Crippen LogP contribution in [0, 0.1) is 0 Å². The molecule has 0 aliphatic carbocycles. The summed E-state index contributed by atoms with van der Waals surface area (Å²) in [5.74, 6) is -0.409. The molecule has 1 heterocycles. The van der Waals surface area contributed by atoms with Crippen molar-refractivity contribution in [3.63, 3.8) is 0 Å². The summed E-state index contributed by atoms with van der Waals surface area (Å²) >= 11 is 7.78. The van der Waals surface area contributed by atoms with Crippen LogP contribution in [0.3, 0.4) is 0 Å². The van der Waals surface area contributed by atoms with E-state index < -0.39 is 5.91 Å². The number of hydrogen-bond acceptors (Lipinski definition) is 5. The standard InChI is InChI=1S/C17H19ClN2O4S/c1-10(14-5-4-6-25-14)20(2)17(22)11-7-12(18)16(13(8-11)23-3)24-9-15(19)21/h4-8,10H,9H2,1-3H3,(H2,19,21)/t10-/m0/s1. The van der Waals surface area contributed by atoms with Gasteiger partial charge in [0.2, 0.25) is 0 Å². The fourth-order valence-corrected chi connectivity index (χ4v) is 3.32. The van der Waals surface area contributed by atoms with Crippen LogP contribution in [0.25, 0.3) is 0 Å². The van der Waals surface area contributed by atoms with Gasteiger partial charge in [-0.05, 0) is 30.5 Å². The van der Waals surface area contributed by atoms with Crippen molar-refractivity contribution in [3.8, 4) is 11.5 Å². The Bertz CT molecular complexity index is 764. The molecule has 25 heavy (non-hydrogen) atoms. The molecule has 0 bridgehead atoms. The molecule has 1 atom stereocenters. The van der Waals surface area contributed by atoms with Gasteiger partial charge in [0.1, 0.15) is 0 Å². The second kappa shape index (κ2) is 8.22. The Morgan fingerprint density at radius 1 is 1.40 bits per heavy atom. The summed E-state index contributed by atoms with van der Waals surface area (Å²) in [4.78, 5) is 26.4. The largest absolute Gasteiger partial charge is 0.493 e. The third-order valence-corrected chi connectivity index (χ3v) is 5.01. The zero-order valence-electron chi connectivity index (χ0n) is 14.1. The highest BCUT2D eigenvalue weighted by Crippen LogP contribution is 2.37. The van der Waals surface area contributed by atoms with Gasteiger partial charge >= 0.3 is 0 Å². The lowest BCUT2D eigenvalue weighted by atomic mass is 10.1. The van der Waals surface area contributed by atoms with Crippen molar-refractivity contribution in [2.75, 3.05) is 20.8 Å². The maximum Gasteiger partial charge on any atom is 0.255 e. The number of nitrogens with two attached hydrogens (primary N) is 1. The SMILES string of the molecule is COc1cc(C(=O)N(C)[C@@H](C)c2cccs2)cc(Cl)c1OCC(N)=O. The summed E-state index contributed by atoms with van der Waals surface area (Å²) in [5, 5.41) is 2.13. The molecular formula is C17H19ClN2O4S. The summed E-state index contributed by atoms with van der Waals surface area (Å²) in [6, 6.07) is 6.86. The van der Waals surface area contributed by atoms with Gasteiger partial charge in [-0.3, -0.25) is 9.59 Å². The van der Waals surface area contributed by atoms with Crippen LogP contribution in [0.1, 0.15) is 28.2 Å². The minimum absolute atomic E-state index is 0.0805. The number of carbonyl (C=O) groups is 2. The minimum Gasteiger partial charge on any atom is -0.493 e. The molecule has 0 spiro atoms. The number of benzene rings is 1. The summed E-state index contributed by atoms with van der Waals surface area (Å²) < 4.78 is 10.5. The highest BCUT2D eigenvalue weighted by Gasteiger charge is 2.22. The summed E-state index contributed by atoms with van der Waals surface area (Å²) in [7, 11) is 3.15. The highest BCUT2D eigenvalue weighted by atomic mass is 35.5. The lowest BCUT2D eigenvalue weighted by molar-refractivity contribution is -0.119. The van der Waals surface area contributed by atoms with E-state index in [9.17, 15) is 9.59 Å². The molecule has 134 valence electrons. The lowest BCUT2D eigenvalue weighted by Gasteiger charge is -2.24. The van der Waals surface area contributed by atoms with E-state index >= 15 is 0 Å². The van der Waals surface area contributed by atoms with Crippen molar-refractivity contribution in [1.82, 2.24) is 4.90 Å². The van der Waals surface area contributed by atoms with Gasteiger partial charge in [-0.2, -0.15) is 0 Å². The number of methoxy groups -OCH3 is 1. The highest BCUT2D eigenvalue weighted by molar-refractivity contribution is 7.10. The quantitative estimate of drug-likeness (QED) is 0.797. The van der Waals surface area contributed by atoms with Crippen LogP contribution in [0.15, 0.2) is 29.6 Å². The zero-order valence-corrected chi connectivity index (χ0v) is 15.7. The average molecular weight is 383 g/mol. The molecule has 0 fully saturated rings. The molecule has 0 saturated carbocycles. The molecule has 2 aromatic rings. The van der Waals surface area contributed by atoms with Gasteiger partial charge in [-0.15, -0.1) is 11.3 Å². The Morgan fingerprint density at radius 3 is 2.68 bits per heavy atom. The van der Waals surface area contributed by atoms with Gasteiger partial charge < -0.3 is 20.1 Å². The summed E-state index contributed by atoms with van der Waals surface area (Å²) in [6.45, 7) is 1.62. The maximum atomic E-state index is 12.8. The van der Waals surface area contributed by atoms with Crippen LogP contribution in [0.4, 0.5) is 0 Å². The van der Waals surface area contributed by atoms with Crippen LogP contribution in [0.5, 0.6) is 11.5 Å². The van der Waals surface area contributed by atoms with Gasteiger partial charge in [-0.1, -0.05) is 17.7 Å². The Hall–Kier alpha value is -2.25. The smallest absolute Gasteiger partial charge is 0.255 e. The Morgan fingerprint density at radius 2 is 2.12 bits per heavy atom.